The lowest BCUT2D eigenvalue weighted by molar-refractivity contribution is -0.0653. The lowest BCUT2D eigenvalue weighted by atomic mass is 9.81. The van der Waals surface area contributed by atoms with Crippen molar-refractivity contribution in [3.63, 3.8) is 0 Å². The molecule has 0 radical (unpaired) electrons. The van der Waals surface area contributed by atoms with Crippen molar-refractivity contribution in [2.45, 2.75) is 79.7 Å². The van der Waals surface area contributed by atoms with Crippen molar-refractivity contribution in [3.8, 4) is 0 Å². The third-order valence-electron chi connectivity index (χ3n) is 3.48. The van der Waals surface area contributed by atoms with Gasteiger partial charge in [0.05, 0.1) is 19.0 Å². The van der Waals surface area contributed by atoms with E-state index in [1.807, 2.05) is 17.8 Å². The van der Waals surface area contributed by atoms with E-state index in [2.05, 4.69) is 57.2 Å². The lowest BCUT2D eigenvalue weighted by Gasteiger charge is -2.34. The van der Waals surface area contributed by atoms with E-state index in [-0.39, 0.29) is 5.41 Å². The molecule has 0 aliphatic carbocycles. The Labute approximate surface area is 141 Å². The van der Waals surface area contributed by atoms with Crippen molar-refractivity contribution in [1.29, 1.82) is 0 Å². The number of hydrogen-bond acceptors (Lipinski definition) is 5. The van der Waals surface area contributed by atoms with E-state index in [0.29, 0.717) is 25.2 Å². The number of nitrogens with one attached hydrogen (secondary N) is 1. The van der Waals surface area contributed by atoms with Crippen molar-refractivity contribution in [2.24, 2.45) is 17.1 Å². The first-order chi connectivity index (χ1) is 10.5. The molecule has 1 aromatic rings. The second kappa shape index (κ2) is 8.22. The minimum atomic E-state index is -0.622. The van der Waals surface area contributed by atoms with Gasteiger partial charge in [-0.15, -0.1) is 5.10 Å². The molecule has 3 N–H and O–H groups in total. The maximum Gasteiger partial charge on any atom is 0.114 e. The average Bonchev–Trinajstić information content (AvgIpc) is 2.79. The summed E-state index contributed by atoms with van der Waals surface area (Å²) in [6.45, 7) is 16.2. The summed E-state index contributed by atoms with van der Waals surface area (Å²) in [6, 6.07) is 0.426. The molecule has 134 valence electrons. The number of hydrogen-bond donors (Lipinski definition) is 2. The van der Waals surface area contributed by atoms with Crippen LogP contribution in [0.1, 0.15) is 60.6 Å². The first-order valence-electron chi connectivity index (χ1n) is 8.54. The number of rotatable bonds is 10. The van der Waals surface area contributed by atoms with Crippen LogP contribution in [0, 0.1) is 11.3 Å². The molecule has 0 saturated carbocycles. The molecular formula is C17H35N5O. The molecule has 1 unspecified atom stereocenters. The summed E-state index contributed by atoms with van der Waals surface area (Å²) in [5, 5.41) is 11.8. The van der Waals surface area contributed by atoms with Crippen LogP contribution in [0.15, 0.2) is 6.20 Å². The predicted octanol–water partition coefficient (Wildman–Crippen LogP) is 2.54. The summed E-state index contributed by atoms with van der Waals surface area (Å²) in [5.41, 5.74) is 6.67. The van der Waals surface area contributed by atoms with Crippen LogP contribution >= 0.6 is 0 Å². The molecule has 6 nitrogen and oxygen atoms in total. The van der Waals surface area contributed by atoms with E-state index in [1.165, 1.54) is 0 Å². The smallest absolute Gasteiger partial charge is 0.114 e. The fraction of sp³-hybridized carbons (Fsp3) is 0.882. The Morgan fingerprint density at radius 1 is 1.26 bits per heavy atom. The van der Waals surface area contributed by atoms with Crippen molar-refractivity contribution < 1.29 is 4.74 Å². The molecule has 0 aliphatic heterocycles. The van der Waals surface area contributed by atoms with Crippen LogP contribution in [0.25, 0.3) is 0 Å². The third kappa shape index (κ3) is 8.44. The minimum Gasteiger partial charge on any atom is -0.361 e. The molecule has 1 heterocycles. The van der Waals surface area contributed by atoms with Gasteiger partial charge in [-0.3, -0.25) is 5.32 Å². The molecule has 0 bridgehead atoms. The van der Waals surface area contributed by atoms with Crippen molar-refractivity contribution >= 4 is 0 Å². The highest BCUT2D eigenvalue weighted by Gasteiger charge is 2.31. The molecule has 23 heavy (non-hydrogen) atoms. The van der Waals surface area contributed by atoms with Crippen molar-refractivity contribution in [2.75, 3.05) is 6.61 Å². The number of nitrogens with zero attached hydrogens (tertiary/aromatic N) is 3. The monoisotopic (exact) mass is 325 g/mol. The Morgan fingerprint density at radius 3 is 2.48 bits per heavy atom. The van der Waals surface area contributed by atoms with Crippen LogP contribution in [0.4, 0.5) is 0 Å². The maximum atomic E-state index is 6.32. The molecule has 0 saturated heterocycles. The fourth-order valence-corrected chi connectivity index (χ4v) is 2.68. The highest BCUT2D eigenvalue weighted by atomic mass is 16.5. The highest BCUT2D eigenvalue weighted by molar-refractivity contribution is 4.98. The summed E-state index contributed by atoms with van der Waals surface area (Å²) >= 11 is 0. The van der Waals surface area contributed by atoms with Crippen molar-refractivity contribution in [1.82, 2.24) is 20.3 Å². The van der Waals surface area contributed by atoms with Crippen LogP contribution in [0.2, 0.25) is 0 Å². The van der Waals surface area contributed by atoms with E-state index in [1.54, 1.807) is 0 Å². The van der Waals surface area contributed by atoms with E-state index in [0.717, 1.165) is 18.5 Å². The number of aromatic nitrogens is 3. The molecule has 0 spiro atoms. The van der Waals surface area contributed by atoms with E-state index >= 15 is 0 Å². The summed E-state index contributed by atoms with van der Waals surface area (Å²) in [6.07, 6.45) is 3.59. The molecule has 0 aliphatic rings. The van der Waals surface area contributed by atoms with Gasteiger partial charge in [-0.1, -0.05) is 32.9 Å². The molecule has 1 atom stereocenters. The number of ether oxygens (including phenoxy) is 1. The molecule has 0 aromatic carbocycles. The molecule has 1 aromatic heterocycles. The van der Waals surface area contributed by atoms with Crippen LogP contribution < -0.4 is 11.1 Å². The molecule has 0 fully saturated rings. The Hall–Kier alpha value is -0.980. The maximum absolute atomic E-state index is 6.32. The zero-order valence-electron chi connectivity index (χ0n) is 15.9. The SMILES string of the molecule is CC(C)COC(C)(N)CC(C)(C)Cc1cn(CNC(C)C)nn1. The van der Waals surface area contributed by atoms with Gasteiger partial charge in [0.2, 0.25) is 0 Å². The van der Waals surface area contributed by atoms with Gasteiger partial charge in [-0.05, 0) is 44.9 Å². The summed E-state index contributed by atoms with van der Waals surface area (Å²) in [4.78, 5) is 0. The van der Waals surface area contributed by atoms with Gasteiger partial charge in [-0.2, -0.15) is 0 Å². The topological polar surface area (TPSA) is 78.0 Å². The summed E-state index contributed by atoms with van der Waals surface area (Å²) < 4.78 is 7.70. The first kappa shape index (κ1) is 20.1. The lowest BCUT2D eigenvalue weighted by Crippen LogP contribution is -2.44. The average molecular weight is 326 g/mol. The summed E-state index contributed by atoms with van der Waals surface area (Å²) in [7, 11) is 0. The van der Waals surface area contributed by atoms with Gasteiger partial charge in [0, 0.05) is 12.2 Å². The Kier molecular flexibility index (Phi) is 7.17. The quantitative estimate of drug-likeness (QED) is 0.646. The van der Waals surface area contributed by atoms with Crippen molar-refractivity contribution in [3.05, 3.63) is 11.9 Å². The largest absolute Gasteiger partial charge is 0.361 e. The Morgan fingerprint density at radius 2 is 1.91 bits per heavy atom. The predicted molar refractivity (Wildman–Crippen MR) is 93.8 cm³/mol. The minimum absolute atomic E-state index is 0.00712. The van der Waals surface area contributed by atoms with E-state index < -0.39 is 5.72 Å². The zero-order chi connectivity index (χ0) is 17.7. The van der Waals surface area contributed by atoms with Crippen LogP contribution in [-0.4, -0.2) is 33.4 Å². The highest BCUT2D eigenvalue weighted by Crippen LogP contribution is 2.31. The van der Waals surface area contributed by atoms with Gasteiger partial charge in [-0.25, -0.2) is 4.68 Å². The molecule has 1 rings (SSSR count). The Bertz CT molecular complexity index is 465. The normalized spacial score (nSPS) is 15.4. The zero-order valence-corrected chi connectivity index (χ0v) is 15.9. The standard InChI is InChI=1S/C17H35N5O/c1-13(2)10-23-17(7,18)11-16(5,6)8-15-9-22(21-20-15)12-19-14(3)4/h9,13-14,19H,8,10-12,18H2,1-7H3. The Balaban J connectivity index is 2.56. The van der Waals surface area contributed by atoms with Crippen LogP contribution in [0.3, 0.4) is 0 Å². The van der Waals surface area contributed by atoms with Crippen LogP contribution in [-0.2, 0) is 17.8 Å². The van der Waals surface area contributed by atoms with Gasteiger partial charge in [0.25, 0.3) is 0 Å². The first-order valence-corrected chi connectivity index (χ1v) is 8.54. The van der Waals surface area contributed by atoms with Gasteiger partial charge < -0.3 is 10.5 Å². The van der Waals surface area contributed by atoms with Gasteiger partial charge >= 0.3 is 0 Å². The fourth-order valence-electron chi connectivity index (χ4n) is 2.68. The second-order valence-corrected chi connectivity index (χ2v) is 8.30. The third-order valence-corrected chi connectivity index (χ3v) is 3.48. The number of nitrogens with two attached hydrogens (primary N) is 1. The van der Waals surface area contributed by atoms with Crippen LogP contribution in [0.5, 0.6) is 0 Å². The van der Waals surface area contributed by atoms with Gasteiger partial charge in [0.15, 0.2) is 0 Å². The molecule has 0 amide bonds. The summed E-state index contributed by atoms with van der Waals surface area (Å²) in [5.74, 6) is 0.481. The van der Waals surface area contributed by atoms with E-state index in [4.69, 9.17) is 10.5 Å². The van der Waals surface area contributed by atoms with Gasteiger partial charge in [0.1, 0.15) is 5.72 Å². The molecular weight excluding hydrogens is 290 g/mol. The molecule has 6 heteroatoms. The second-order valence-electron chi connectivity index (χ2n) is 8.30. The van der Waals surface area contributed by atoms with E-state index in [9.17, 15) is 0 Å².